The number of benzene rings is 2. The van der Waals surface area contributed by atoms with Gasteiger partial charge in [0.05, 0.1) is 4.91 Å². The number of hydrogen-bond acceptors (Lipinski definition) is 4. The van der Waals surface area contributed by atoms with Crippen molar-refractivity contribution in [1.29, 1.82) is 0 Å². The zero-order valence-electron chi connectivity index (χ0n) is 14.6. The van der Waals surface area contributed by atoms with Gasteiger partial charge in [0.25, 0.3) is 5.91 Å². The fourth-order valence-corrected chi connectivity index (χ4v) is 4.51. The predicted molar refractivity (Wildman–Crippen MR) is 114 cm³/mol. The van der Waals surface area contributed by atoms with Crippen molar-refractivity contribution in [2.24, 2.45) is 0 Å². The Bertz CT molecular complexity index is 951. The molecule has 1 fully saturated rings. The first kappa shape index (κ1) is 18.0. The molecule has 1 atom stereocenters. The highest BCUT2D eigenvalue weighted by Gasteiger charge is 2.33. The molecule has 0 saturated carbocycles. The van der Waals surface area contributed by atoms with Crippen LogP contribution in [0.3, 0.4) is 0 Å². The summed E-state index contributed by atoms with van der Waals surface area (Å²) in [4.78, 5) is 15.2. The van der Waals surface area contributed by atoms with E-state index in [1.54, 1.807) is 4.90 Å². The van der Waals surface area contributed by atoms with E-state index >= 15 is 0 Å². The van der Waals surface area contributed by atoms with E-state index < -0.39 is 0 Å². The van der Waals surface area contributed by atoms with E-state index in [2.05, 4.69) is 24.8 Å². The molecule has 1 aliphatic rings. The molecule has 2 aromatic carbocycles. The summed E-state index contributed by atoms with van der Waals surface area (Å²) in [6.45, 7) is 0.648. The van der Waals surface area contributed by atoms with E-state index in [0.717, 1.165) is 17.7 Å². The maximum atomic E-state index is 12.8. The Kier molecular flexibility index (Phi) is 5.41. The number of thioether (sulfide) groups is 1. The van der Waals surface area contributed by atoms with Crippen molar-refractivity contribution in [1.82, 2.24) is 4.90 Å². The standard InChI is InChI=1S/C22H19NO2S2/c24-21-20(15-18-11-12-19(25-18)17-9-5-2-6-10-17)27-22(26)23(21)14-13-16-7-3-1-4-8-16/h1-12,15,22,26H,13-14H2/b20-15-. The van der Waals surface area contributed by atoms with Crippen LogP contribution in [0.5, 0.6) is 0 Å². The van der Waals surface area contributed by atoms with Crippen molar-refractivity contribution < 1.29 is 9.21 Å². The minimum absolute atomic E-state index is 0.00796. The van der Waals surface area contributed by atoms with Gasteiger partial charge in [-0.1, -0.05) is 72.4 Å². The fraction of sp³-hybridized carbons (Fsp3) is 0.136. The molecule has 3 aromatic rings. The Labute approximate surface area is 168 Å². The molecule has 0 radical (unpaired) electrons. The second-order valence-corrected chi connectivity index (χ2v) is 8.22. The van der Waals surface area contributed by atoms with Gasteiger partial charge in [0.1, 0.15) is 16.2 Å². The Morgan fingerprint density at radius 2 is 1.70 bits per heavy atom. The van der Waals surface area contributed by atoms with Crippen LogP contribution in [-0.2, 0) is 11.2 Å². The largest absolute Gasteiger partial charge is 0.457 e. The zero-order valence-corrected chi connectivity index (χ0v) is 16.3. The van der Waals surface area contributed by atoms with Gasteiger partial charge in [-0.15, -0.1) is 12.6 Å². The quantitative estimate of drug-likeness (QED) is 0.470. The molecule has 0 aliphatic carbocycles. The molecule has 1 aromatic heterocycles. The number of carbonyl (C=O) groups excluding carboxylic acids is 1. The molecule has 3 nitrogen and oxygen atoms in total. The number of amides is 1. The topological polar surface area (TPSA) is 33.5 Å². The van der Waals surface area contributed by atoms with Crippen LogP contribution in [0.4, 0.5) is 0 Å². The number of nitrogens with zero attached hydrogens (tertiary/aromatic N) is 1. The number of rotatable bonds is 5. The molecule has 1 saturated heterocycles. The summed E-state index contributed by atoms with van der Waals surface area (Å²) in [5.41, 5.74) is 2.23. The number of furan rings is 1. The second kappa shape index (κ2) is 8.11. The predicted octanol–water partition coefficient (Wildman–Crippen LogP) is 5.32. The molecule has 1 unspecified atom stereocenters. The van der Waals surface area contributed by atoms with Gasteiger partial charge in [0, 0.05) is 18.2 Å². The van der Waals surface area contributed by atoms with Gasteiger partial charge in [0.15, 0.2) is 0 Å². The highest BCUT2D eigenvalue weighted by Crippen LogP contribution is 2.38. The molecule has 0 spiro atoms. The molecule has 5 heteroatoms. The molecular formula is C22H19NO2S2. The maximum Gasteiger partial charge on any atom is 0.262 e. The van der Waals surface area contributed by atoms with Gasteiger partial charge in [-0.2, -0.15) is 0 Å². The van der Waals surface area contributed by atoms with Crippen molar-refractivity contribution in [2.75, 3.05) is 6.54 Å². The van der Waals surface area contributed by atoms with Crippen molar-refractivity contribution in [3.63, 3.8) is 0 Å². The number of thiol groups is 1. The summed E-state index contributed by atoms with van der Waals surface area (Å²) in [6, 6.07) is 23.9. The SMILES string of the molecule is O=C1/C(=C/c2ccc(-c3ccccc3)o2)SC(S)N1CCc1ccccc1. The third-order valence-electron chi connectivity index (χ3n) is 4.41. The lowest BCUT2D eigenvalue weighted by Gasteiger charge is -2.19. The normalized spacial score (nSPS) is 18.4. The smallest absolute Gasteiger partial charge is 0.262 e. The molecule has 27 heavy (non-hydrogen) atoms. The van der Waals surface area contributed by atoms with E-state index in [0.29, 0.717) is 17.2 Å². The molecule has 0 bridgehead atoms. The van der Waals surface area contributed by atoms with Gasteiger partial charge in [-0.25, -0.2) is 0 Å². The van der Waals surface area contributed by atoms with Gasteiger partial charge >= 0.3 is 0 Å². The van der Waals surface area contributed by atoms with E-state index in [-0.39, 0.29) is 10.6 Å². The lowest BCUT2D eigenvalue weighted by atomic mass is 10.1. The summed E-state index contributed by atoms with van der Waals surface area (Å²) in [5.74, 6) is 1.48. The van der Waals surface area contributed by atoms with Gasteiger partial charge in [-0.05, 0) is 24.1 Å². The van der Waals surface area contributed by atoms with Crippen LogP contribution in [0.15, 0.2) is 82.1 Å². The van der Waals surface area contributed by atoms with E-state index in [4.69, 9.17) is 4.42 Å². The van der Waals surface area contributed by atoms with Crippen molar-refractivity contribution in [2.45, 2.75) is 11.1 Å². The maximum absolute atomic E-state index is 12.8. The highest BCUT2D eigenvalue weighted by atomic mass is 32.2. The van der Waals surface area contributed by atoms with Crippen LogP contribution in [0, 0.1) is 0 Å². The minimum atomic E-state index is -0.170. The van der Waals surface area contributed by atoms with Crippen molar-refractivity contribution in [3.8, 4) is 11.3 Å². The Balaban J connectivity index is 1.46. The van der Waals surface area contributed by atoms with Gasteiger partial charge in [0.2, 0.25) is 0 Å². The van der Waals surface area contributed by atoms with Crippen LogP contribution in [0.25, 0.3) is 17.4 Å². The van der Waals surface area contributed by atoms with Gasteiger partial charge in [-0.3, -0.25) is 4.79 Å². The first-order valence-corrected chi connectivity index (χ1v) is 10.2. The first-order valence-electron chi connectivity index (χ1n) is 8.77. The number of hydrogen-bond donors (Lipinski definition) is 1. The third-order valence-corrected chi connectivity index (χ3v) is 6.02. The van der Waals surface area contributed by atoms with Crippen molar-refractivity contribution in [3.05, 3.63) is 89.0 Å². The summed E-state index contributed by atoms with van der Waals surface area (Å²) in [5, 5.41) is 0. The van der Waals surface area contributed by atoms with Crippen LogP contribution in [0.2, 0.25) is 0 Å². The summed E-state index contributed by atoms with van der Waals surface area (Å²) in [6.07, 6.45) is 2.63. The van der Waals surface area contributed by atoms with Crippen LogP contribution >= 0.6 is 24.4 Å². The van der Waals surface area contributed by atoms with Crippen LogP contribution in [-0.4, -0.2) is 22.1 Å². The molecule has 2 heterocycles. The van der Waals surface area contributed by atoms with Crippen molar-refractivity contribution >= 4 is 36.4 Å². The first-order chi connectivity index (χ1) is 13.2. The lowest BCUT2D eigenvalue weighted by molar-refractivity contribution is -0.125. The summed E-state index contributed by atoms with van der Waals surface area (Å²) < 4.78 is 5.72. The van der Waals surface area contributed by atoms with E-state index in [1.165, 1.54) is 17.3 Å². The molecule has 1 amide bonds. The van der Waals surface area contributed by atoms with Crippen LogP contribution < -0.4 is 0 Å². The average Bonchev–Trinajstić information content (AvgIpc) is 3.27. The fourth-order valence-electron chi connectivity index (χ4n) is 2.99. The molecule has 1 aliphatic heterocycles. The van der Waals surface area contributed by atoms with Crippen LogP contribution in [0.1, 0.15) is 11.3 Å². The van der Waals surface area contributed by atoms with E-state index in [1.807, 2.05) is 66.7 Å². The number of carbonyl (C=O) groups is 1. The lowest BCUT2D eigenvalue weighted by Crippen LogP contribution is -2.31. The molecule has 4 rings (SSSR count). The summed E-state index contributed by atoms with van der Waals surface area (Å²) >= 11 is 6.04. The van der Waals surface area contributed by atoms with E-state index in [9.17, 15) is 4.79 Å². The third kappa shape index (κ3) is 4.15. The Hall–Kier alpha value is -2.37. The second-order valence-electron chi connectivity index (χ2n) is 6.25. The Morgan fingerprint density at radius 3 is 2.44 bits per heavy atom. The average molecular weight is 394 g/mol. The Morgan fingerprint density at radius 1 is 1.00 bits per heavy atom. The molecular weight excluding hydrogens is 374 g/mol. The minimum Gasteiger partial charge on any atom is -0.457 e. The highest BCUT2D eigenvalue weighted by molar-refractivity contribution is 8.14. The monoisotopic (exact) mass is 393 g/mol. The molecule has 0 N–H and O–H groups in total. The zero-order chi connectivity index (χ0) is 18.6. The van der Waals surface area contributed by atoms with Gasteiger partial charge < -0.3 is 9.32 Å². The summed E-state index contributed by atoms with van der Waals surface area (Å²) in [7, 11) is 0. The molecule has 136 valence electrons.